The molecular weight excluding hydrogens is 176 g/mol. The lowest BCUT2D eigenvalue weighted by Crippen LogP contribution is -2.32. The van der Waals surface area contributed by atoms with E-state index in [9.17, 15) is 0 Å². The van der Waals surface area contributed by atoms with E-state index in [4.69, 9.17) is 10.4 Å². The lowest BCUT2D eigenvalue weighted by atomic mass is 9.91. The van der Waals surface area contributed by atoms with Gasteiger partial charge in [0.25, 0.3) is 0 Å². The van der Waals surface area contributed by atoms with Gasteiger partial charge in [-0.2, -0.15) is 5.26 Å². The van der Waals surface area contributed by atoms with Gasteiger partial charge in [0.05, 0.1) is 24.3 Å². The quantitative estimate of drug-likeness (QED) is 0.683. The van der Waals surface area contributed by atoms with Crippen LogP contribution in [-0.2, 0) is 6.42 Å². The van der Waals surface area contributed by atoms with Crippen molar-refractivity contribution in [2.75, 3.05) is 13.2 Å². The van der Waals surface area contributed by atoms with Crippen LogP contribution in [0.15, 0.2) is 18.2 Å². The minimum Gasteiger partial charge on any atom is -0.394 e. The molecule has 3 heteroatoms. The lowest BCUT2D eigenvalue weighted by molar-refractivity contribution is 0.240. The first kappa shape index (κ1) is 9.20. The van der Waals surface area contributed by atoms with Crippen LogP contribution in [0.2, 0.25) is 0 Å². The second kappa shape index (κ2) is 3.79. The van der Waals surface area contributed by atoms with E-state index in [1.165, 1.54) is 0 Å². The van der Waals surface area contributed by atoms with E-state index in [1.54, 1.807) is 0 Å². The average molecular weight is 188 g/mol. The van der Waals surface area contributed by atoms with E-state index in [0.717, 1.165) is 29.7 Å². The summed E-state index contributed by atoms with van der Waals surface area (Å²) in [5.74, 6) is 0. The Hall–Kier alpha value is -1.37. The number of hydrogen-bond donors (Lipinski definition) is 2. The Morgan fingerprint density at radius 1 is 1.57 bits per heavy atom. The number of hydrogen-bond acceptors (Lipinski definition) is 3. The van der Waals surface area contributed by atoms with Gasteiger partial charge in [0.1, 0.15) is 0 Å². The molecule has 2 rings (SSSR count). The molecule has 0 saturated carbocycles. The molecule has 0 saturated heterocycles. The van der Waals surface area contributed by atoms with Gasteiger partial charge < -0.3 is 10.4 Å². The molecule has 1 aromatic carbocycles. The van der Waals surface area contributed by atoms with E-state index >= 15 is 0 Å². The maximum Gasteiger partial charge on any atom is 0.0994 e. The molecule has 14 heavy (non-hydrogen) atoms. The van der Waals surface area contributed by atoms with Crippen LogP contribution in [0.25, 0.3) is 0 Å². The van der Waals surface area contributed by atoms with Crippen molar-refractivity contribution < 1.29 is 5.11 Å². The van der Waals surface area contributed by atoms with Crippen LogP contribution in [0, 0.1) is 11.3 Å². The van der Waals surface area contributed by atoms with Gasteiger partial charge in [0.15, 0.2) is 0 Å². The molecule has 1 heterocycles. The second-order valence-corrected chi connectivity index (χ2v) is 3.42. The van der Waals surface area contributed by atoms with Crippen LogP contribution in [0.4, 0.5) is 0 Å². The third-order valence-corrected chi connectivity index (χ3v) is 2.66. The van der Waals surface area contributed by atoms with Crippen molar-refractivity contribution in [1.82, 2.24) is 5.32 Å². The summed E-state index contributed by atoms with van der Waals surface area (Å²) in [7, 11) is 0. The van der Waals surface area contributed by atoms with Crippen molar-refractivity contribution in [3.8, 4) is 6.07 Å². The minimum atomic E-state index is -0.00736. The molecular formula is C11H12N2O. The van der Waals surface area contributed by atoms with Crippen molar-refractivity contribution in [3.05, 3.63) is 34.9 Å². The number of fused-ring (bicyclic) bond motifs is 1. The fourth-order valence-electron chi connectivity index (χ4n) is 1.96. The monoisotopic (exact) mass is 188 g/mol. The molecule has 0 bridgehead atoms. The molecule has 3 nitrogen and oxygen atoms in total. The molecule has 0 unspecified atom stereocenters. The number of benzene rings is 1. The zero-order chi connectivity index (χ0) is 9.97. The SMILES string of the molecule is N#Cc1cccc2c1CCN[C@H]2CO. The predicted octanol–water partition coefficient (Wildman–Crippen LogP) is 0.737. The number of aliphatic hydroxyl groups is 1. The summed E-state index contributed by atoms with van der Waals surface area (Å²) in [6.45, 7) is 0.915. The summed E-state index contributed by atoms with van der Waals surface area (Å²) in [6, 6.07) is 7.86. The topological polar surface area (TPSA) is 56.0 Å². The maximum atomic E-state index is 9.16. The molecule has 0 spiro atoms. The van der Waals surface area contributed by atoms with Crippen molar-refractivity contribution in [2.45, 2.75) is 12.5 Å². The van der Waals surface area contributed by atoms with Crippen LogP contribution in [0.5, 0.6) is 0 Å². The first-order valence-corrected chi connectivity index (χ1v) is 4.73. The van der Waals surface area contributed by atoms with Gasteiger partial charge in [-0.15, -0.1) is 0 Å². The van der Waals surface area contributed by atoms with Gasteiger partial charge in [-0.05, 0) is 30.2 Å². The summed E-state index contributed by atoms with van der Waals surface area (Å²) in [4.78, 5) is 0. The first-order chi connectivity index (χ1) is 6.86. The highest BCUT2D eigenvalue weighted by molar-refractivity contribution is 5.45. The summed E-state index contributed by atoms with van der Waals surface area (Å²) >= 11 is 0. The molecule has 1 atom stereocenters. The number of nitriles is 1. The van der Waals surface area contributed by atoms with E-state index in [-0.39, 0.29) is 12.6 Å². The Morgan fingerprint density at radius 3 is 3.14 bits per heavy atom. The third kappa shape index (κ3) is 1.39. The number of nitrogens with zero attached hydrogens (tertiary/aromatic N) is 1. The average Bonchev–Trinajstić information content (AvgIpc) is 2.27. The molecule has 1 aliphatic heterocycles. The zero-order valence-electron chi connectivity index (χ0n) is 7.83. The predicted molar refractivity (Wildman–Crippen MR) is 52.7 cm³/mol. The van der Waals surface area contributed by atoms with Crippen molar-refractivity contribution in [1.29, 1.82) is 5.26 Å². The van der Waals surface area contributed by atoms with Gasteiger partial charge in [0.2, 0.25) is 0 Å². The molecule has 0 radical (unpaired) electrons. The van der Waals surface area contributed by atoms with E-state index < -0.39 is 0 Å². The molecule has 1 aliphatic rings. The molecule has 72 valence electrons. The maximum absolute atomic E-state index is 9.16. The summed E-state index contributed by atoms with van der Waals surface area (Å²) in [5, 5.41) is 21.3. The van der Waals surface area contributed by atoms with Gasteiger partial charge in [-0.25, -0.2) is 0 Å². The zero-order valence-corrected chi connectivity index (χ0v) is 7.83. The fourth-order valence-corrected chi connectivity index (χ4v) is 1.96. The Kier molecular flexibility index (Phi) is 2.49. The number of aliphatic hydroxyl groups excluding tert-OH is 1. The number of nitrogens with one attached hydrogen (secondary N) is 1. The van der Waals surface area contributed by atoms with Gasteiger partial charge >= 0.3 is 0 Å². The van der Waals surface area contributed by atoms with E-state index in [2.05, 4.69) is 11.4 Å². The van der Waals surface area contributed by atoms with Crippen LogP contribution >= 0.6 is 0 Å². The van der Waals surface area contributed by atoms with Crippen molar-refractivity contribution in [3.63, 3.8) is 0 Å². The molecule has 0 amide bonds. The standard InChI is InChI=1S/C11H12N2O/c12-6-8-2-1-3-10-9(8)4-5-13-11(10)7-14/h1-3,11,13-14H,4-5,7H2/t11-/m0/s1. The Bertz CT molecular complexity index is 381. The number of rotatable bonds is 1. The smallest absolute Gasteiger partial charge is 0.0994 e. The molecule has 0 aromatic heterocycles. The molecule has 2 N–H and O–H groups in total. The summed E-state index contributed by atoms with van der Waals surface area (Å²) < 4.78 is 0. The second-order valence-electron chi connectivity index (χ2n) is 3.42. The largest absolute Gasteiger partial charge is 0.394 e. The normalized spacial score (nSPS) is 19.9. The molecule has 1 aromatic rings. The first-order valence-electron chi connectivity index (χ1n) is 4.73. The van der Waals surface area contributed by atoms with Crippen LogP contribution < -0.4 is 5.32 Å². The van der Waals surface area contributed by atoms with Crippen LogP contribution in [0.3, 0.4) is 0 Å². The fraction of sp³-hybridized carbons (Fsp3) is 0.364. The molecule has 0 aliphatic carbocycles. The van der Waals surface area contributed by atoms with Gasteiger partial charge in [-0.3, -0.25) is 0 Å². The Morgan fingerprint density at radius 2 is 2.43 bits per heavy atom. The van der Waals surface area contributed by atoms with Gasteiger partial charge in [0, 0.05) is 0 Å². The minimum absolute atomic E-state index is 0.00736. The highest BCUT2D eigenvalue weighted by Crippen LogP contribution is 2.24. The third-order valence-electron chi connectivity index (χ3n) is 2.66. The van der Waals surface area contributed by atoms with Gasteiger partial charge in [-0.1, -0.05) is 12.1 Å². The van der Waals surface area contributed by atoms with E-state index in [1.807, 2.05) is 18.2 Å². The lowest BCUT2D eigenvalue weighted by Gasteiger charge is -2.25. The highest BCUT2D eigenvalue weighted by atomic mass is 16.3. The van der Waals surface area contributed by atoms with Crippen LogP contribution in [-0.4, -0.2) is 18.3 Å². The van der Waals surface area contributed by atoms with Crippen molar-refractivity contribution in [2.24, 2.45) is 0 Å². The van der Waals surface area contributed by atoms with Crippen molar-refractivity contribution >= 4 is 0 Å². The Labute approximate surface area is 83.0 Å². The summed E-state index contributed by atoms with van der Waals surface area (Å²) in [5.41, 5.74) is 2.90. The molecule has 0 fully saturated rings. The highest BCUT2D eigenvalue weighted by Gasteiger charge is 2.20. The van der Waals surface area contributed by atoms with E-state index in [0.29, 0.717) is 0 Å². The Balaban J connectivity index is 2.50. The summed E-state index contributed by atoms with van der Waals surface area (Å²) in [6.07, 6.45) is 0.871. The van der Waals surface area contributed by atoms with Crippen LogP contribution in [0.1, 0.15) is 22.7 Å².